The Bertz CT molecular complexity index is 400. The molecular weight excluding hydrogens is 275 g/mol. The zero-order valence-electron chi connectivity index (χ0n) is 8.71. The van der Waals surface area contributed by atoms with Crippen molar-refractivity contribution < 1.29 is 13.9 Å². The lowest BCUT2D eigenvalue weighted by atomic mass is 10.0. The molecule has 4 heteroatoms. The monoisotopic (exact) mass is 286 g/mol. The van der Waals surface area contributed by atoms with E-state index in [1.54, 1.807) is 6.07 Å². The first-order valence-corrected chi connectivity index (χ1v) is 6.04. The third-order valence-electron chi connectivity index (χ3n) is 2.67. The second-order valence-electron chi connectivity index (χ2n) is 3.88. The normalized spacial score (nSPS) is 20.0. The number of hydrogen-bond acceptors (Lipinski definition) is 2. The molecular formula is C12H12BrFO2. The minimum atomic E-state index is -0.305. The van der Waals surface area contributed by atoms with Crippen LogP contribution in [0.5, 0.6) is 0 Å². The lowest BCUT2D eigenvalue weighted by molar-refractivity contribution is -0.127. The van der Waals surface area contributed by atoms with Crippen molar-refractivity contribution in [3.05, 3.63) is 34.1 Å². The third-order valence-corrected chi connectivity index (χ3v) is 3.41. The van der Waals surface area contributed by atoms with Crippen molar-refractivity contribution in [2.75, 3.05) is 6.61 Å². The van der Waals surface area contributed by atoms with Gasteiger partial charge in [-0.3, -0.25) is 4.79 Å². The van der Waals surface area contributed by atoms with E-state index in [0.29, 0.717) is 17.5 Å². The van der Waals surface area contributed by atoms with Crippen LogP contribution in [0.4, 0.5) is 4.39 Å². The lowest BCUT2D eigenvalue weighted by Crippen LogP contribution is -2.21. The second kappa shape index (κ2) is 5.06. The van der Waals surface area contributed by atoms with Gasteiger partial charge in [-0.05, 0) is 30.5 Å². The van der Waals surface area contributed by atoms with Crippen molar-refractivity contribution in [1.29, 1.82) is 0 Å². The number of halogens is 2. The zero-order valence-corrected chi connectivity index (χ0v) is 10.3. The summed E-state index contributed by atoms with van der Waals surface area (Å²) in [5.41, 5.74) is 0.807. The Morgan fingerprint density at radius 1 is 1.56 bits per heavy atom. The van der Waals surface area contributed by atoms with Crippen molar-refractivity contribution in [2.45, 2.75) is 25.4 Å². The molecule has 1 aromatic carbocycles. The van der Waals surface area contributed by atoms with Crippen LogP contribution < -0.4 is 0 Å². The number of Topliss-reactive ketones (excluding diaryl/α,β-unsaturated/α-hetero) is 1. The van der Waals surface area contributed by atoms with Gasteiger partial charge in [0.15, 0.2) is 5.78 Å². The van der Waals surface area contributed by atoms with Gasteiger partial charge in [0.2, 0.25) is 0 Å². The van der Waals surface area contributed by atoms with E-state index in [1.165, 1.54) is 12.1 Å². The van der Waals surface area contributed by atoms with Gasteiger partial charge in [0, 0.05) is 17.5 Å². The van der Waals surface area contributed by atoms with Gasteiger partial charge in [-0.15, -0.1) is 0 Å². The van der Waals surface area contributed by atoms with Crippen molar-refractivity contribution in [2.24, 2.45) is 0 Å². The van der Waals surface area contributed by atoms with Crippen molar-refractivity contribution in [1.82, 2.24) is 0 Å². The fourth-order valence-corrected chi connectivity index (χ4v) is 2.29. The number of hydrogen-bond donors (Lipinski definition) is 0. The predicted molar refractivity (Wildman–Crippen MR) is 61.8 cm³/mol. The second-order valence-corrected chi connectivity index (χ2v) is 4.73. The number of benzene rings is 1. The largest absolute Gasteiger partial charge is 0.370 e. The molecule has 1 aliphatic rings. The summed E-state index contributed by atoms with van der Waals surface area (Å²) in [5.74, 6) is -0.231. The molecule has 1 atom stereocenters. The van der Waals surface area contributed by atoms with Crippen LogP contribution in [0.15, 0.2) is 22.7 Å². The van der Waals surface area contributed by atoms with Crippen LogP contribution in [0.1, 0.15) is 18.4 Å². The number of ether oxygens (including phenoxy) is 1. The van der Waals surface area contributed by atoms with E-state index in [2.05, 4.69) is 15.9 Å². The molecule has 1 unspecified atom stereocenters. The standard InChI is InChI=1S/C12H12BrFO2/c13-10-7-9(14)4-3-8(10)6-11(15)12-2-1-5-16-12/h3-4,7,12H,1-2,5-6H2. The number of ketones is 1. The number of rotatable bonds is 3. The van der Waals surface area contributed by atoms with E-state index in [0.717, 1.165) is 18.4 Å². The highest BCUT2D eigenvalue weighted by Gasteiger charge is 2.23. The van der Waals surface area contributed by atoms with Crippen molar-refractivity contribution in [3.8, 4) is 0 Å². The summed E-state index contributed by atoms with van der Waals surface area (Å²) in [6, 6.07) is 4.37. The van der Waals surface area contributed by atoms with E-state index >= 15 is 0 Å². The summed E-state index contributed by atoms with van der Waals surface area (Å²) in [6.07, 6.45) is 1.78. The summed E-state index contributed by atoms with van der Waals surface area (Å²) in [4.78, 5) is 11.8. The number of carbonyl (C=O) groups is 1. The van der Waals surface area contributed by atoms with Gasteiger partial charge in [0.1, 0.15) is 11.9 Å². The van der Waals surface area contributed by atoms with Crippen LogP contribution in [-0.2, 0) is 16.0 Å². The Labute approximate surface area is 102 Å². The molecule has 1 aliphatic heterocycles. The fraction of sp³-hybridized carbons (Fsp3) is 0.417. The van der Waals surface area contributed by atoms with E-state index in [9.17, 15) is 9.18 Å². The molecule has 86 valence electrons. The summed E-state index contributed by atoms with van der Waals surface area (Å²) < 4.78 is 18.8. The van der Waals surface area contributed by atoms with E-state index in [-0.39, 0.29) is 17.7 Å². The molecule has 2 nitrogen and oxygen atoms in total. The van der Waals surface area contributed by atoms with Crippen LogP contribution in [0.3, 0.4) is 0 Å². The Hall–Kier alpha value is -0.740. The lowest BCUT2D eigenvalue weighted by Gasteiger charge is -2.09. The molecule has 16 heavy (non-hydrogen) atoms. The van der Waals surface area contributed by atoms with Crippen LogP contribution >= 0.6 is 15.9 Å². The molecule has 0 radical (unpaired) electrons. The highest BCUT2D eigenvalue weighted by Crippen LogP contribution is 2.21. The zero-order chi connectivity index (χ0) is 11.5. The minimum Gasteiger partial charge on any atom is -0.370 e. The van der Waals surface area contributed by atoms with Crippen LogP contribution in [0, 0.1) is 5.82 Å². The smallest absolute Gasteiger partial charge is 0.165 e. The van der Waals surface area contributed by atoms with Gasteiger partial charge >= 0.3 is 0 Å². The SMILES string of the molecule is O=C(Cc1ccc(F)cc1Br)C1CCCO1. The first kappa shape index (κ1) is 11.7. The summed E-state index contributed by atoms with van der Waals surface area (Å²) in [6.45, 7) is 0.668. The highest BCUT2D eigenvalue weighted by molar-refractivity contribution is 9.10. The van der Waals surface area contributed by atoms with Gasteiger partial charge in [-0.1, -0.05) is 22.0 Å². The Balaban J connectivity index is 2.05. The average molecular weight is 287 g/mol. The molecule has 0 aliphatic carbocycles. The number of carbonyl (C=O) groups excluding carboxylic acids is 1. The van der Waals surface area contributed by atoms with Crippen LogP contribution in [0.25, 0.3) is 0 Å². The molecule has 1 saturated heterocycles. The molecule has 1 fully saturated rings. The average Bonchev–Trinajstić information content (AvgIpc) is 2.75. The quantitative estimate of drug-likeness (QED) is 0.854. The maximum atomic E-state index is 12.8. The molecule has 0 spiro atoms. The topological polar surface area (TPSA) is 26.3 Å². The molecule has 2 rings (SSSR count). The van der Waals surface area contributed by atoms with Gasteiger partial charge in [0.25, 0.3) is 0 Å². The predicted octanol–water partition coefficient (Wildman–Crippen LogP) is 2.88. The van der Waals surface area contributed by atoms with Gasteiger partial charge < -0.3 is 4.74 Å². The van der Waals surface area contributed by atoms with E-state index < -0.39 is 0 Å². The minimum absolute atomic E-state index is 0.0739. The molecule has 0 bridgehead atoms. The summed E-state index contributed by atoms with van der Waals surface area (Å²) in [5, 5.41) is 0. The molecule has 0 aromatic heterocycles. The third kappa shape index (κ3) is 2.68. The van der Waals surface area contributed by atoms with Crippen LogP contribution in [-0.4, -0.2) is 18.5 Å². The Kier molecular flexibility index (Phi) is 3.71. The van der Waals surface area contributed by atoms with Crippen molar-refractivity contribution >= 4 is 21.7 Å². The molecule has 1 heterocycles. The maximum absolute atomic E-state index is 12.8. The summed E-state index contributed by atoms with van der Waals surface area (Å²) in [7, 11) is 0. The molecule has 0 amide bonds. The Morgan fingerprint density at radius 3 is 3.00 bits per heavy atom. The van der Waals surface area contributed by atoms with E-state index in [1.807, 2.05) is 0 Å². The van der Waals surface area contributed by atoms with Crippen LogP contribution in [0.2, 0.25) is 0 Å². The summed E-state index contributed by atoms with van der Waals surface area (Å²) >= 11 is 3.25. The molecule has 0 N–H and O–H groups in total. The van der Waals surface area contributed by atoms with Gasteiger partial charge in [0.05, 0.1) is 0 Å². The highest BCUT2D eigenvalue weighted by atomic mass is 79.9. The molecule has 0 saturated carbocycles. The molecule has 1 aromatic rings. The first-order chi connectivity index (χ1) is 7.66. The maximum Gasteiger partial charge on any atom is 0.165 e. The van der Waals surface area contributed by atoms with Crippen molar-refractivity contribution in [3.63, 3.8) is 0 Å². The fourth-order valence-electron chi connectivity index (χ4n) is 1.80. The van der Waals surface area contributed by atoms with E-state index in [4.69, 9.17) is 4.74 Å². The Morgan fingerprint density at radius 2 is 2.38 bits per heavy atom. The van der Waals surface area contributed by atoms with Gasteiger partial charge in [-0.2, -0.15) is 0 Å². The van der Waals surface area contributed by atoms with Gasteiger partial charge in [-0.25, -0.2) is 4.39 Å². The first-order valence-electron chi connectivity index (χ1n) is 5.25.